The molecule has 0 bridgehead atoms. The molecule has 0 aliphatic carbocycles. The number of benzene rings is 2. The van der Waals surface area contributed by atoms with E-state index in [9.17, 15) is 19.1 Å². The van der Waals surface area contributed by atoms with Crippen molar-refractivity contribution in [3.05, 3.63) is 70.9 Å². The molecular formula is C20H16FNO5S. The van der Waals surface area contributed by atoms with E-state index >= 15 is 0 Å². The number of halogens is 1. The average Bonchev–Trinajstić information content (AvgIpc) is 3.11. The first-order valence-corrected chi connectivity index (χ1v) is 9.05. The van der Waals surface area contributed by atoms with E-state index in [-0.39, 0.29) is 16.4 Å². The van der Waals surface area contributed by atoms with Crippen molar-refractivity contribution in [1.82, 2.24) is 0 Å². The van der Waals surface area contributed by atoms with Crippen molar-refractivity contribution in [3.63, 3.8) is 0 Å². The van der Waals surface area contributed by atoms with Gasteiger partial charge in [-0.3, -0.25) is 0 Å². The third-order valence-corrected chi connectivity index (χ3v) is 4.98. The Bertz CT molecular complexity index is 1020. The number of ether oxygens (including phenoxy) is 1. The summed E-state index contributed by atoms with van der Waals surface area (Å²) in [5, 5.41) is 21.2. The van der Waals surface area contributed by atoms with Crippen LogP contribution in [0.1, 0.15) is 15.2 Å². The van der Waals surface area contributed by atoms with E-state index < -0.39 is 18.5 Å². The van der Waals surface area contributed by atoms with Gasteiger partial charge in [0.15, 0.2) is 11.5 Å². The molecule has 1 aromatic heterocycles. The van der Waals surface area contributed by atoms with Gasteiger partial charge in [0.25, 0.3) is 0 Å². The van der Waals surface area contributed by atoms with Crippen LogP contribution in [0.4, 0.5) is 10.1 Å². The molecule has 144 valence electrons. The highest BCUT2D eigenvalue weighted by atomic mass is 32.1. The third kappa shape index (κ3) is 4.66. The summed E-state index contributed by atoms with van der Waals surface area (Å²) in [7, 11) is 0. The fourth-order valence-corrected chi connectivity index (χ4v) is 3.47. The molecule has 0 radical (unpaired) electrons. The quantitative estimate of drug-likeness (QED) is 0.520. The molecule has 28 heavy (non-hydrogen) atoms. The Hall–Kier alpha value is -3.39. The maximum Gasteiger partial charge on any atom is 0.349 e. The molecule has 2 aromatic carbocycles. The second-order valence-corrected chi connectivity index (χ2v) is 6.87. The summed E-state index contributed by atoms with van der Waals surface area (Å²) in [5.74, 6) is -2.66. The van der Waals surface area contributed by atoms with Gasteiger partial charge in [0.1, 0.15) is 11.6 Å². The first-order valence-electron chi connectivity index (χ1n) is 8.23. The van der Waals surface area contributed by atoms with E-state index in [0.717, 1.165) is 22.6 Å². The standard InChI is InChI=1S/C20H16FNO5S/c21-15-7-2-1-4-13(15)10-22-14-6-3-5-12(8-14)17-9-16(27-11-18(23)24)19(28-17)20(25)26/h1-9,22H,10-11H2,(H,23,24)(H,25,26). The van der Waals surface area contributed by atoms with Gasteiger partial charge in [0, 0.05) is 22.7 Å². The molecule has 6 nitrogen and oxygen atoms in total. The molecule has 3 rings (SSSR count). The maximum absolute atomic E-state index is 13.7. The van der Waals surface area contributed by atoms with Crippen LogP contribution in [0, 0.1) is 5.82 Å². The lowest BCUT2D eigenvalue weighted by atomic mass is 10.1. The predicted octanol–water partition coefficient (Wildman–Crippen LogP) is 4.33. The van der Waals surface area contributed by atoms with Gasteiger partial charge in [-0.15, -0.1) is 11.3 Å². The molecule has 8 heteroatoms. The van der Waals surface area contributed by atoms with E-state index in [2.05, 4.69) is 5.32 Å². The largest absolute Gasteiger partial charge is 0.480 e. The number of anilines is 1. The lowest BCUT2D eigenvalue weighted by molar-refractivity contribution is -0.139. The summed E-state index contributed by atoms with van der Waals surface area (Å²) in [5.41, 5.74) is 2.00. The molecule has 3 N–H and O–H groups in total. The maximum atomic E-state index is 13.7. The molecule has 0 unspecified atom stereocenters. The third-order valence-electron chi connectivity index (χ3n) is 3.83. The fraction of sp³-hybridized carbons (Fsp3) is 0.100. The van der Waals surface area contributed by atoms with Crippen LogP contribution >= 0.6 is 11.3 Å². The molecule has 0 fully saturated rings. The van der Waals surface area contributed by atoms with Crippen LogP contribution in [0.2, 0.25) is 0 Å². The van der Waals surface area contributed by atoms with Crippen molar-refractivity contribution in [3.8, 4) is 16.2 Å². The van der Waals surface area contributed by atoms with Crippen molar-refractivity contribution in [2.45, 2.75) is 6.54 Å². The molecule has 0 spiro atoms. The summed E-state index contributed by atoms with van der Waals surface area (Å²) in [6, 6.07) is 15.2. The molecule has 0 aliphatic heterocycles. The summed E-state index contributed by atoms with van der Waals surface area (Å²) >= 11 is 0.993. The molecular weight excluding hydrogens is 385 g/mol. The highest BCUT2D eigenvalue weighted by Crippen LogP contribution is 2.37. The minimum absolute atomic E-state index is 0.0135. The minimum Gasteiger partial charge on any atom is -0.480 e. The van der Waals surface area contributed by atoms with Gasteiger partial charge in [-0.05, 0) is 29.8 Å². The van der Waals surface area contributed by atoms with Crippen molar-refractivity contribution in [1.29, 1.82) is 0 Å². The van der Waals surface area contributed by atoms with Crippen LogP contribution in [0.15, 0.2) is 54.6 Å². The Morgan fingerprint density at radius 1 is 1.07 bits per heavy atom. The van der Waals surface area contributed by atoms with Gasteiger partial charge >= 0.3 is 11.9 Å². The van der Waals surface area contributed by atoms with Gasteiger partial charge in [-0.1, -0.05) is 30.3 Å². The summed E-state index contributed by atoms with van der Waals surface area (Å²) < 4.78 is 18.8. The van der Waals surface area contributed by atoms with Crippen LogP contribution in [0.25, 0.3) is 10.4 Å². The fourth-order valence-electron chi connectivity index (χ4n) is 2.53. The average molecular weight is 401 g/mol. The van der Waals surface area contributed by atoms with Gasteiger partial charge < -0.3 is 20.3 Å². The summed E-state index contributed by atoms with van der Waals surface area (Å²) in [6.45, 7) is -0.325. The molecule has 3 aromatic rings. The highest BCUT2D eigenvalue weighted by molar-refractivity contribution is 7.17. The van der Waals surface area contributed by atoms with Gasteiger partial charge in [0.2, 0.25) is 0 Å². The number of hydrogen-bond donors (Lipinski definition) is 3. The van der Waals surface area contributed by atoms with Crippen molar-refractivity contribution in [2.24, 2.45) is 0 Å². The zero-order valence-corrected chi connectivity index (χ0v) is 15.3. The second kappa shape index (κ2) is 8.53. The second-order valence-electron chi connectivity index (χ2n) is 5.82. The number of rotatable bonds is 8. The van der Waals surface area contributed by atoms with E-state index in [1.807, 2.05) is 6.07 Å². The smallest absolute Gasteiger partial charge is 0.349 e. The topological polar surface area (TPSA) is 95.9 Å². The molecule has 0 saturated carbocycles. The van der Waals surface area contributed by atoms with Crippen molar-refractivity contribution < 1.29 is 28.9 Å². The monoisotopic (exact) mass is 401 g/mol. The Kier molecular flexibility index (Phi) is 5.90. The number of aliphatic carboxylic acids is 1. The van der Waals surface area contributed by atoms with E-state index in [4.69, 9.17) is 9.84 Å². The van der Waals surface area contributed by atoms with Gasteiger partial charge in [-0.25, -0.2) is 14.0 Å². The number of hydrogen-bond acceptors (Lipinski definition) is 5. The first kappa shape index (κ1) is 19.4. The van der Waals surface area contributed by atoms with Crippen LogP contribution in [0.5, 0.6) is 5.75 Å². The zero-order chi connectivity index (χ0) is 20.1. The summed E-state index contributed by atoms with van der Waals surface area (Å²) in [6.07, 6.45) is 0. The lowest BCUT2D eigenvalue weighted by Gasteiger charge is -2.08. The Labute approximate surface area is 163 Å². The number of aromatic carboxylic acids is 1. The first-order chi connectivity index (χ1) is 13.4. The number of thiophene rings is 1. The predicted molar refractivity (Wildman–Crippen MR) is 104 cm³/mol. The van der Waals surface area contributed by atoms with E-state index in [1.54, 1.807) is 36.4 Å². The van der Waals surface area contributed by atoms with E-state index in [1.165, 1.54) is 12.1 Å². The van der Waals surface area contributed by atoms with Crippen LogP contribution < -0.4 is 10.1 Å². The van der Waals surface area contributed by atoms with Crippen LogP contribution in [-0.4, -0.2) is 28.8 Å². The number of carbonyl (C=O) groups is 2. The molecule has 0 aliphatic rings. The Morgan fingerprint density at radius 2 is 1.86 bits per heavy atom. The highest BCUT2D eigenvalue weighted by Gasteiger charge is 2.18. The SMILES string of the molecule is O=C(O)COc1cc(-c2cccc(NCc3ccccc3F)c2)sc1C(=O)O. The summed E-state index contributed by atoms with van der Waals surface area (Å²) in [4.78, 5) is 22.6. The number of carboxylic acids is 2. The number of carboxylic acid groups (broad SMARTS) is 2. The molecule has 0 amide bonds. The van der Waals surface area contributed by atoms with Crippen molar-refractivity contribution in [2.75, 3.05) is 11.9 Å². The molecule has 0 saturated heterocycles. The lowest BCUT2D eigenvalue weighted by Crippen LogP contribution is -2.10. The Morgan fingerprint density at radius 3 is 2.57 bits per heavy atom. The normalized spacial score (nSPS) is 10.5. The van der Waals surface area contributed by atoms with Gasteiger partial charge in [-0.2, -0.15) is 0 Å². The van der Waals surface area contributed by atoms with Crippen molar-refractivity contribution >= 4 is 29.0 Å². The minimum atomic E-state index is -1.19. The van der Waals surface area contributed by atoms with Gasteiger partial charge in [0.05, 0.1) is 0 Å². The number of nitrogens with one attached hydrogen (secondary N) is 1. The van der Waals surface area contributed by atoms with E-state index in [0.29, 0.717) is 17.0 Å². The molecule has 1 heterocycles. The molecule has 0 atom stereocenters. The zero-order valence-electron chi connectivity index (χ0n) is 14.5. The Balaban J connectivity index is 1.81. The van der Waals surface area contributed by atoms with Crippen LogP contribution in [-0.2, 0) is 11.3 Å². The van der Waals surface area contributed by atoms with Crippen LogP contribution in [0.3, 0.4) is 0 Å².